The third-order valence-electron chi connectivity index (χ3n) is 8.68. The number of phenols is 1. The molecular weight excluding hydrogens is 572 g/mol. The van der Waals surface area contributed by atoms with E-state index >= 15 is 0 Å². The first-order valence-corrected chi connectivity index (χ1v) is 13.7. The van der Waals surface area contributed by atoms with Crippen molar-refractivity contribution < 1.29 is 54.9 Å². The first-order valence-electron chi connectivity index (χ1n) is 13.7. The predicted octanol–water partition coefficient (Wildman–Crippen LogP) is 2.64. The van der Waals surface area contributed by atoms with Gasteiger partial charge in [-0.05, 0) is 33.9 Å². The number of carbonyl (C=O) groups excluding carboxylic acids is 2. The molecule has 6 rings (SSSR count). The SMILES string of the molecule is O=C(O)C1=C(O)[C@]2(O)C(=O)C3=C(O)c4c(O)ccc(-c5ccc(COCc6ccccc6)cc5)c4C[C@]3(O)C[C@]2(O)CC1=O. The summed E-state index contributed by atoms with van der Waals surface area (Å²) in [5.74, 6) is -7.73. The Hall–Kier alpha value is -4.81. The van der Waals surface area contributed by atoms with Gasteiger partial charge >= 0.3 is 5.97 Å². The summed E-state index contributed by atoms with van der Waals surface area (Å²) in [7, 11) is 0. The Balaban J connectivity index is 1.39. The second kappa shape index (κ2) is 10.1. The molecule has 0 heterocycles. The number of Topliss-reactive ketones (excluding diaryl/α,β-unsaturated/α-hetero) is 2. The molecule has 3 aromatic carbocycles. The molecular formula is C33H28O11. The minimum Gasteiger partial charge on any atom is -0.508 e. The Morgan fingerprint density at radius 1 is 0.818 bits per heavy atom. The number of carboxylic acids is 1. The number of fused-ring (bicyclic) bond motifs is 3. The molecule has 0 aromatic heterocycles. The third-order valence-corrected chi connectivity index (χ3v) is 8.68. The van der Waals surface area contributed by atoms with Crippen LogP contribution in [0.2, 0.25) is 0 Å². The van der Waals surface area contributed by atoms with Crippen LogP contribution in [-0.4, -0.2) is 70.1 Å². The average Bonchev–Trinajstić information content (AvgIpc) is 2.96. The molecule has 0 amide bonds. The van der Waals surface area contributed by atoms with Crippen LogP contribution in [0, 0.1) is 0 Å². The number of hydrogen-bond donors (Lipinski definition) is 7. The Morgan fingerprint density at radius 3 is 2.09 bits per heavy atom. The van der Waals surface area contributed by atoms with Gasteiger partial charge in [0.25, 0.3) is 0 Å². The van der Waals surface area contributed by atoms with Crippen molar-refractivity contribution in [2.24, 2.45) is 0 Å². The first kappa shape index (κ1) is 29.3. The molecule has 3 aliphatic rings. The van der Waals surface area contributed by atoms with Crippen molar-refractivity contribution in [1.82, 2.24) is 0 Å². The average molecular weight is 601 g/mol. The van der Waals surface area contributed by atoms with E-state index in [0.717, 1.165) is 11.1 Å². The summed E-state index contributed by atoms with van der Waals surface area (Å²) in [6.07, 6.45) is -2.45. The summed E-state index contributed by atoms with van der Waals surface area (Å²) in [5.41, 5.74) is -7.64. The van der Waals surface area contributed by atoms with Gasteiger partial charge in [0.2, 0.25) is 11.4 Å². The second-order valence-corrected chi connectivity index (χ2v) is 11.5. The highest BCUT2D eigenvalue weighted by Gasteiger charge is 2.71. The molecule has 0 saturated heterocycles. The fourth-order valence-electron chi connectivity index (χ4n) is 6.60. The molecule has 11 heteroatoms. The fraction of sp³-hybridized carbons (Fsp3) is 0.242. The summed E-state index contributed by atoms with van der Waals surface area (Å²) < 4.78 is 5.79. The van der Waals surface area contributed by atoms with Crippen LogP contribution in [0.5, 0.6) is 5.75 Å². The number of benzene rings is 3. The number of phenolic OH excluding ortho intramolecular Hbond substituents is 1. The molecule has 0 spiro atoms. The zero-order chi connectivity index (χ0) is 31.6. The van der Waals surface area contributed by atoms with Gasteiger partial charge in [-0.3, -0.25) is 9.59 Å². The highest BCUT2D eigenvalue weighted by atomic mass is 16.5. The van der Waals surface area contributed by atoms with Crippen LogP contribution in [0.4, 0.5) is 0 Å². The predicted molar refractivity (Wildman–Crippen MR) is 153 cm³/mol. The minimum absolute atomic E-state index is 0.214. The largest absolute Gasteiger partial charge is 0.508 e. The van der Waals surface area contributed by atoms with E-state index in [2.05, 4.69) is 0 Å². The number of carboxylic acid groups (broad SMARTS) is 1. The Morgan fingerprint density at radius 2 is 1.45 bits per heavy atom. The van der Waals surface area contributed by atoms with Crippen LogP contribution >= 0.6 is 0 Å². The van der Waals surface area contributed by atoms with Crippen molar-refractivity contribution in [2.45, 2.75) is 49.3 Å². The maximum absolute atomic E-state index is 13.7. The van der Waals surface area contributed by atoms with E-state index in [-0.39, 0.29) is 11.1 Å². The lowest BCUT2D eigenvalue weighted by molar-refractivity contribution is -0.200. The van der Waals surface area contributed by atoms with Gasteiger partial charge in [-0.25, -0.2) is 4.79 Å². The summed E-state index contributed by atoms with van der Waals surface area (Å²) in [4.78, 5) is 37.9. The summed E-state index contributed by atoms with van der Waals surface area (Å²) in [5, 5.41) is 76.7. The molecule has 11 nitrogen and oxygen atoms in total. The number of ketones is 2. The molecule has 3 atom stereocenters. The van der Waals surface area contributed by atoms with Crippen molar-refractivity contribution in [3.05, 3.63) is 106 Å². The monoisotopic (exact) mass is 600 g/mol. The van der Waals surface area contributed by atoms with E-state index in [1.165, 1.54) is 6.07 Å². The highest BCUT2D eigenvalue weighted by Crippen LogP contribution is 2.56. The van der Waals surface area contributed by atoms with Crippen LogP contribution in [-0.2, 0) is 38.8 Å². The zero-order valence-electron chi connectivity index (χ0n) is 23.1. The van der Waals surface area contributed by atoms with Crippen molar-refractivity contribution in [1.29, 1.82) is 0 Å². The smallest absolute Gasteiger partial charge is 0.342 e. The van der Waals surface area contributed by atoms with E-state index in [1.807, 2.05) is 42.5 Å². The van der Waals surface area contributed by atoms with Crippen molar-refractivity contribution >= 4 is 23.3 Å². The van der Waals surface area contributed by atoms with Gasteiger partial charge in [-0.15, -0.1) is 0 Å². The quantitative estimate of drug-likeness (QED) is 0.205. The molecule has 0 unspecified atom stereocenters. The summed E-state index contributed by atoms with van der Waals surface area (Å²) in [6, 6.07) is 19.7. The number of carbonyl (C=O) groups is 3. The van der Waals surface area contributed by atoms with E-state index in [1.54, 1.807) is 18.2 Å². The van der Waals surface area contributed by atoms with Crippen molar-refractivity contribution in [3.8, 4) is 16.9 Å². The lowest BCUT2D eigenvalue weighted by Gasteiger charge is -2.54. The zero-order valence-corrected chi connectivity index (χ0v) is 23.1. The number of hydrogen-bond acceptors (Lipinski definition) is 10. The maximum atomic E-state index is 13.7. The molecule has 226 valence electrons. The minimum atomic E-state index is -3.35. The normalized spacial score (nSPS) is 26.2. The number of aliphatic hydroxyl groups excluding tert-OH is 2. The Bertz CT molecular complexity index is 1790. The van der Waals surface area contributed by atoms with Crippen LogP contribution < -0.4 is 0 Å². The molecule has 7 N–H and O–H groups in total. The number of aliphatic carboxylic acids is 1. The lowest BCUT2D eigenvalue weighted by atomic mass is 9.55. The molecule has 3 aliphatic carbocycles. The number of aliphatic hydroxyl groups is 5. The Labute approximate surface area is 250 Å². The Kier molecular flexibility index (Phi) is 6.74. The standard InChI is InChI=1S/C33H28O11/c34-22-11-10-20(19-8-6-18(7-9-19)15-44-14-17-4-2-1-3-5-17)21-12-31(41)16-32(42)13-23(35)25(30(39)40)28(37)33(32,43)29(38)26(31)27(36)24(21)22/h1-11,34,36-37,41-43H,12-16H2,(H,39,40)/t31-,32+,33-/m0/s1. The third kappa shape index (κ3) is 4.24. The van der Waals surface area contributed by atoms with Gasteiger partial charge in [0, 0.05) is 19.3 Å². The van der Waals surface area contributed by atoms with Gasteiger partial charge in [0.15, 0.2) is 11.5 Å². The van der Waals surface area contributed by atoms with Gasteiger partial charge in [-0.1, -0.05) is 60.7 Å². The lowest BCUT2D eigenvalue weighted by Crippen LogP contribution is -2.72. The molecule has 0 bridgehead atoms. The summed E-state index contributed by atoms with van der Waals surface area (Å²) in [6.45, 7) is 0.764. The van der Waals surface area contributed by atoms with Crippen LogP contribution in [0.25, 0.3) is 16.9 Å². The topological polar surface area (TPSA) is 202 Å². The van der Waals surface area contributed by atoms with Crippen LogP contribution in [0.1, 0.15) is 35.1 Å². The van der Waals surface area contributed by atoms with Crippen LogP contribution in [0.15, 0.2) is 83.6 Å². The number of ether oxygens (including phenoxy) is 1. The van der Waals surface area contributed by atoms with Crippen molar-refractivity contribution in [3.63, 3.8) is 0 Å². The van der Waals surface area contributed by atoms with E-state index in [0.29, 0.717) is 24.3 Å². The van der Waals surface area contributed by atoms with E-state index in [4.69, 9.17) is 4.74 Å². The second-order valence-electron chi connectivity index (χ2n) is 11.5. The fourth-order valence-corrected chi connectivity index (χ4v) is 6.60. The van der Waals surface area contributed by atoms with E-state index < -0.39 is 82.0 Å². The molecule has 44 heavy (non-hydrogen) atoms. The van der Waals surface area contributed by atoms with Gasteiger partial charge in [-0.2, -0.15) is 0 Å². The summed E-state index contributed by atoms with van der Waals surface area (Å²) >= 11 is 0. The molecule has 3 aromatic rings. The molecule has 1 saturated carbocycles. The van der Waals surface area contributed by atoms with E-state index in [9.17, 15) is 50.1 Å². The van der Waals surface area contributed by atoms with Crippen LogP contribution in [0.3, 0.4) is 0 Å². The van der Waals surface area contributed by atoms with Gasteiger partial charge < -0.3 is 40.5 Å². The maximum Gasteiger partial charge on any atom is 0.342 e. The number of rotatable bonds is 6. The highest BCUT2D eigenvalue weighted by molar-refractivity contribution is 6.22. The molecule has 0 radical (unpaired) electrons. The first-order chi connectivity index (χ1) is 20.8. The molecule has 0 aliphatic heterocycles. The van der Waals surface area contributed by atoms with Gasteiger partial charge in [0.05, 0.1) is 24.4 Å². The van der Waals surface area contributed by atoms with Gasteiger partial charge in [0.1, 0.15) is 28.3 Å². The van der Waals surface area contributed by atoms with Crippen molar-refractivity contribution in [2.75, 3.05) is 0 Å². The number of aromatic hydroxyl groups is 1. The molecule has 1 fully saturated rings.